The third-order valence-electron chi connectivity index (χ3n) is 3.18. The van der Waals surface area contributed by atoms with Crippen molar-refractivity contribution in [2.24, 2.45) is 0 Å². The first-order chi connectivity index (χ1) is 12.0. The fourth-order valence-corrected chi connectivity index (χ4v) is 2.24. The number of benzene rings is 2. The van der Waals surface area contributed by atoms with Crippen LogP contribution in [0.3, 0.4) is 0 Å². The molecule has 0 aromatic heterocycles. The lowest BCUT2D eigenvalue weighted by Gasteiger charge is -2.14. The highest BCUT2D eigenvalue weighted by Gasteiger charge is 2.19. The summed E-state index contributed by atoms with van der Waals surface area (Å²) in [6, 6.07) is 13.8. The van der Waals surface area contributed by atoms with Crippen molar-refractivity contribution in [2.75, 3.05) is 11.9 Å². The summed E-state index contributed by atoms with van der Waals surface area (Å²) in [6.45, 7) is 1.64. The van der Waals surface area contributed by atoms with Crippen molar-refractivity contribution < 1.29 is 19.1 Å². The van der Waals surface area contributed by atoms with Gasteiger partial charge in [0.15, 0.2) is 6.10 Å². The second kappa shape index (κ2) is 9.30. The molecule has 0 aliphatic rings. The van der Waals surface area contributed by atoms with Gasteiger partial charge in [-0.15, -0.1) is 0 Å². The minimum Gasteiger partial charge on any atom is -0.493 e. The number of para-hydroxylation sites is 1. The fourth-order valence-electron chi connectivity index (χ4n) is 1.91. The SMILES string of the molecule is CC(OC(=O)CCOc1ccccc1)C(=O)Nc1cc(Cl)ccc1Cl. The lowest BCUT2D eigenvalue weighted by molar-refractivity contribution is -0.153. The van der Waals surface area contributed by atoms with E-state index in [-0.39, 0.29) is 13.0 Å². The van der Waals surface area contributed by atoms with Crippen molar-refractivity contribution >= 4 is 40.8 Å². The number of carbonyl (C=O) groups is 2. The molecule has 0 aliphatic heterocycles. The molecule has 2 aromatic rings. The summed E-state index contributed by atoms with van der Waals surface area (Å²) in [5, 5.41) is 3.35. The Morgan fingerprint density at radius 1 is 1.12 bits per heavy atom. The molecule has 2 aromatic carbocycles. The molecular weight excluding hydrogens is 365 g/mol. The van der Waals surface area contributed by atoms with E-state index in [1.54, 1.807) is 24.3 Å². The summed E-state index contributed by atoms with van der Waals surface area (Å²) >= 11 is 11.8. The van der Waals surface area contributed by atoms with Gasteiger partial charge in [-0.05, 0) is 37.3 Å². The molecule has 0 bridgehead atoms. The Morgan fingerprint density at radius 2 is 1.84 bits per heavy atom. The highest BCUT2D eigenvalue weighted by atomic mass is 35.5. The van der Waals surface area contributed by atoms with Crippen LogP contribution in [0.15, 0.2) is 48.5 Å². The quantitative estimate of drug-likeness (QED) is 0.724. The van der Waals surface area contributed by atoms with Gasteiger partial charge < -0.3 is 14.8 Å². The van der Waals surface area contributed by atoms with E-state index in [1.807, 2.05) is 18.2 Å². The molecule has 25 heavy (non-hydrogen) atoms. The Balaban J connectivity index is 1.78. The zero-order valence-electron chi connectivity index (χ0n) is 13.5. The smallest absolute Gasteiger partial charge is 0.310 e. The van der Waals surface area contributed by atoms with E-state index in [1.165, 1.54) is 13.0 Å². The second-order valence-corrected chi connectivity index (χ2v) is 6.00. The summed E-state index contributed by atoms with van der Waals surface area (Å²) < 4.78 is 10.5. The number of hydrogen-bond donors (Lipinski definition) is 1. The van der Waals surface area contributed by atoms with Crippen LogP contribution in [0.4, 0.5) is 5.69 Å². The summed E-state index contributed by atoms with van der Waals surface area (Å²) in [5.41, 5.74) is 0.356. The summed E-state index contributed by atoms with van der Waals surface area (Å²) in [6.07, 6.45) is -0.941. The molecule has 1 amide bonds. The number of amides is 1. The average molecular weight is 382 g/mol. The maximum atomic E-state index is 12.1. The van der Waals surface area contributed by atoms with Gasteiger partial charge in [0.1, 0.15) is 5.75 Å². The van der Waals surface area contributed by atoms with Crippen LogP contribution < -0.4 is 10.1 Å². The summed E-state index contributed by atoms with van der Waals surface area (Å²) in [5.74, 6) is -0.367. The molecule has 0 fully saturated rings. The molecule has 0 aliphatic carbocycles. The van der Waals surface area contributed by atoms with Gasteiger partial charge in [0.25, 0.3) is 5.91 Å². The number of anilines is 1. The second-order valence-electron chi connectivity index (χ2n) is 5.16. The number of rotatable bonds is 7. The van der Waals surface area contributed by atoms with Gasteiger partial charge in [0, 0.05) is 5.02 Å². The van der Waals surface area contributed by atoms with Crippen molar-refractivity contribution in [3.63, 3.8) is 0 Å². The molecule has 2 rings (SSSR count). The van der Waals surface area contributed by atoms with Gasteiger partial charge in [-0.25, -0.2) is 0 Å². The van der Waals surface area contributed by atoms with Crippen LogP contribution in [0.1, 0.15) is 13.3 Å². The first-order valence-electron chi connectivity index (χ1n) is 7.59. The summed E-state index contributed by atoms with van der Waals surface area (Å²) in [7, 11) is 0. The minimum atomic E-state index is -0.973. The number of nitrogens with one attached hydrogen (secondary N) is 1. The van der Waals surface area contributed by atoms with E-state index in [9.17, 15) is 9.59 Å². The van der Waals surface area contributed by atoms with Crippen molar-refractivity contribution in [3.05, 3.63) is 58.6 Å². The Morgan fingerprint density at radius 3 is 2.56 bits per heavy atom. The predicted octanol–water partition coefficient (Wildman–Crippen LogP) is 4.33. The van der Waals surface area contributed by atoms with Gasteiger partial charge in [-0.1, -0.05) is 41.4 Å². The zero-order chi connectivity index (χ0) is 18.2. The van der Waals surface area contributed by atoms with Crippen LogP contribution in [0, 0.1) is 0 Å². The maximum absolute atomic E-state index is 12.1. The van der Waals surface area contributed by atoms with Gasteiger partial charge >= 0.3 is 5.97 Å². The number of carbonyl (C=O) groups excluding carboxylic acids is 2. The van der Waals surface area contributed by atoms with Crippen LogP contribution in [0.5, 0.6) is 5.75 Å². The molecule has 7 heteroatoms. The topological polar surface area (TPSA) is 64.6 Å². The molecule has 0 spiro atoms. The van der Waals surface area contributed by atoms with E-state index < -0.39 is 18.0 Å². The van der Waals surface area contributed by atoms with Gasteiger partial charge in [0.2, 0.25) is 0 Å². The number of hydrogen-bond acceptors (Lipinski definition) is 4. The first kappa shape index (κ1) is 19.1. The maximum Gasteiger partial charge on any atom is 0.310 e. The minimum absolute atomic E-state index is 0.0322. The van der Waals surface area contributed by atoms with E-state index >= 15 is 0 Å². The molecule has 1 N–H and O–H groups in total. The van der Waals surface area contributed by atoms with Crippen LogP contribution in [-0.4, -0.2) is 24.6 Å². The van der Waals surface area contributed by atoms with Gasteiger partial charge in [0.05, 0.1) is 23.7 Å². The Hall–Kier alpha value is -2.24. The predicted molar refractivity (Wildman–Crippen MR) is 97.2 cm³/mol. The lowest BCUT2D eigenvalue weighted by atomic mass is 10.3. The van der Waals surface area contributed by atoms with E-state index in [4.69, 9.17) is 32.7 Å². The van der Waals surface area contributed by atoms with Gasteiger partial charge in [-0.3, -0.25) is 9.59 Å². The Labute approximate surface area is 155 Å². The number of halogens is 2. The fraction of sp³-hybridized carbons (Fsp3) is 0.222. The molecule has 0 saturated carbocycles. The zero-order valence-corrected chi connectivity index (χ0v) is 15.0. The monoisotopic (exact) mass is 381 g/mol. The van der Waals surface area contributed by atoms with Crippen molar-refractivity contribution in [2.45, 2.75) is 19.4 Å². The highest BCUT2D eigenvalue weighted by molar-refractivity contribution is 6.35. The third-order valence-corrected chi connectivity index (χ3v) is 3.75. The normalized spacial score (nSPS) is 11.5. The molecule has 0 radical (unpaired) electrons. The van der Waals surface area contributed by atoms with E-state index in [2.05, 4.69) is 5.32 Å². The highest BCUT2D eigenvalue weighted by Crippen LogP contribution is 2.25. The first-order valence-corrected chi connectivity index (χ1v) is 8.34. The van der Waals surface area contributed by atoms with Crippen molar-refractivity contribution in [3.8, 4) is 5.75 Å². The third kappa shape index (κ3) is 6.29. The van der Waals surface area contributed by atoms with Crippen LogP contribution in [0.25, 0.3) is 0 Å². The molecule has 5 nitrogen and oxygen atoms in total. The van der Waals surface area contributed by atoms with E-state index in [0.29, 0.717) is 21.5 Å². The number of esters is 1. The summed E-state index contributed by atoms with van der Waals surface area (Å²) in [4.78, 5) is 23.9. The average Bonchev–Trinajstić information content (AvgIpc) is 2.59. The lowest BCUT2D eigenvalue weighted by Crippen LogP contribution is -2.30. The number of ether oxygens (including phenoxy) is 2. The molecule has 0 saturated heterocycles. The molecule has 1 unspecified atom stereocenters. The van der Waals surface area contributed by atoms with Crippen LogP contribution in [-0.2, 0) is 14.3 Å². The van der Waals surface area contributed by atoms with Crippen molar-refractivity contribution in [1.82, 2.24) is 0 Å². The molecule has 0 heterocycles. The van der Waals surface area contributed by atoms with Crippen LogP contribution >= 0.6 is 23.2 Å². The molecular formula is C18H17Cl2NO4. The largest absolute Gasteiger partial charge is 0.493 e. The van der Waals surface area contributed by atoms with Gasteiger partial charge in [-0.2, -0.15) is 0 Å². The Bertz CT molecular complexity index is 737. The van der Waals surface area contributed by atoms with Crippen LogP contribution in [0.2, 0.25) is 10.0 Å². The van der Waals surface area contributed by atoms with Crippen molar-refractivity contribution in [1.29, 1.82) is 0 Å². The Kier molecular flexibility index (Phi) is 7.10. The van der Waals surface area contributed by atoms with E-state index in [0.717, 1.165) is 0 Å². The standard InChI is InChI=1S/C18H17Cl2NO4/c1-12(18(23)21-16-11-13(19)7-8-15(16)20)25-17(22)9-10-24-14-5-3-2-4-6-14/h2-8,11-12H,9-10H2,1H3,(H,21,23). The molecule has 132 valence electrons. The molecule has 1 atom stereocenters.